The lowest BCUT2D eigenvalue weighted by molar-refractivity contribution is 0.0670. The Hall–Kier alpha value is -1.25. The van der Waals surface area contributed by atoms with Gasteiger partial charge >= 0.3 is 0 Å². The minimum atomic E-state index is -3.19. The zero-order chi connectivity index (χ0) is 22.8. The van der Waals surface area contributed by atoms with Crippen molar-refractivity contribution in [2.45, 2.75) is 38.3 Å². The van der Waals surface area contributed by atoms with Crippen molar-refractivity contribution in [3.8, 4) is 0 Å². The Balaban J connectivity index is 1.50. The summed E-state index contributed by atoms with van der Waals surface area (Å²) < 4.78 is 31.1. The predicted molar refractivity (Wildman–Crippen MR) is 129 cm³/mol. The number of carbonyl (C=O) groups excluding carboxylic acids is 1. The van der Waals surface area contributed by atoms with Crippen LogP contribution in [0.25, 0.3) is 10.1 Å². The first-order chi connectivity index (χ1) is 15.1. The molecule has 1 saturated carbocycles. The lowest BCUT2D eigenvalue weighted by Crippen LogP contribution is -2.40. The summed E-state index contributed by atoms with van der Waals surface area (Å²) in [7, 11) is -3.19. The minimum absolute atomic E-state index is 0.0615. The molecule has 0 bridgehead atoms. The number of hydrogen-bond donors (Lipinski definition) is 0. The van der Waals surface area contributed by atoms with Crippen molar-refractivity contribution in [2.75, 3.05) is 11.5 Å². The second-order valence-corrected chi connectivity index (χ2v) is 13.1. The third-order valence-electron chi connectivity index (χ3n) is 6.24. The van der Waals surface area contributed by atoms with Gasteiger partial charge in [0.25, 0.3) is 5.91 Å². The molecule has 1 aromatic carbocycles. The van der Waals surface area contributed by atoms with E-state index < -0.39 is 15.9 Å². The summed E-state index contributed by atoms with van der Waals surface area (Å²) in [6.07, 6.45) is 1.48. The maximum absolute atomic E-state index is 13.7. The highest BCUT2D eigenvalue weighted by Crippen LogP contribution is 2.47. The van der Waals surface area contributed by atoms with Gasteiger partial charge in [-0.05, 0) is 43.0 Å². The van der Waals surface area contributed by atoms with Crippen molar-refractivity contribution in [1.82, 2.24) is 4.90 Å². The van der Waals surface area contributed by atoms with Gasteiger partial charge in [0, 0.05) is 27.1 Å². The molecule has 0 radical (unpaired) electrons. The van der Waals surface area contributed by atoms with E-state index in [2.05, 4.69) is 6.92 Å². The summed E-state index contributed by atoms with van der Waals surface area (Å²) in [4.78, 5) is 15.6. The van der Waals surface area contributed by atoms with Gasteiger partial charge in [-0.1, -0.05) is 41.7 Å². The van der Waals surface area contributed by atoms with Gasteiger partial charge in [-0.25, -0.2) is 8.42 Å². The van der Waals surface area contributed by atoms with Crippen LogP contribution in [0, 0.1) is 5.92 Å². The van der Waals surface area contributed by atoms with E-state index in [4.69, 9.17) is 39.2 Å². The minimum Gasteiger partial charge on any atom is -0.464 e. The zero-order valence-electron chi connectivity index (χ0n) is 17.1. The molecule has 32 heavy (non-hydrogen) atoms. The van der Waals surface area contributed by atoms with E-state index in [0.717, 1.165) is 12.2 Å². The number of sulfone groups is 1. The van der Waals surface area contributed by atoms with Gasteiger partial charge in [0.05, 0.1) is 28.1 Å². The van der Waals surface area contributed by atoms with Crippen LogP contribution in [0.4, 0.5) is 0 Å². The number of amides is 1. The van der Waals surface area contributed by atoms with E-state index in [9.17, 15) is 13.2 Å². The number of furan rings is 1. The first-order valence-corrected chi connectivity index (χ1v) is 14.1. The fraction of sp³-hybridized carbons (Fsp3) is 0.409. The maximum Gasteiger partial charge on any atom is 0.266 e. The topological polar surface area (TPSA) is 67.6 Å². The summed E-state index contributed by atoms with van der Waals surface area (Å²) in [5.74, 6) is 2.23. The van der Waals surface area contributed by atoms with Crippen molar-refractivity contribution < 1.29 is 17.6 Å². The maximum atomic E-state index is 13.7. The second kappa shape index (κ2) is 8.20. The smallest absolute Gasteiger partial charge is 0.266 e. The van der Waals surface area contributed by atoms with Crippen LogP contribution >= 0.6 is 46.1 Å². The molecule has 170 valence electrons. The number of rotatable bonds is 5. The Bertz CT molecular complexity index is 1330. The molecule has 10 heteroatoms. The highest BCUT2D eigenvalue weighted by atomic mass is 35.5. The lowest BCUT2D eigenvalue weighted by atomic mass is 10.2. The first kappa shape index (κ1) is 22.5. The van der Waals surface area contributed by atoms with E-state index in [0.29, 0.717) is 49.0 Å². The molecule has 1 aliphatic carbocycles. The quantitative estimate of drug-likeness (QED) is 0.381. The van der Waals surface area contributed by atoms with Crippen LogP contribution in [0.2, 0.25) is 15.1 Å². The van der Waals surface area contributed by atoms with Crippen molar-refractivity contribution in [3.05, 3.63) is 55.7 Å². The Labute approximate surface area is 205 Å². The van der Waals surface area contributed by atoms with Gasteiger partial charge in [0.1, 0.15) is 16.4 Å². The summed E-state index contributed by atoms with van der Waals surface area (Å²) in [5, 5.41) is 1.66. The highest BCUT2D eigenvalue weighted by Gasteiger charge is 2.39. The number of benzene rings is 1. The average molecular weight is 533 g/mol. The standard InChI is InChI=1S/C22H20Cl3NO4S2/c1-11-6-15(11)17-3-2-14(30-17)9-26(13-4-5-32(28,29)10-13)22(27)21-20(25)19-16(24)7-12(23)8-18(19)31-21/h2-3,7-8,11,13,15H,4-6,9-10H2,1H3. The van der Waals surface area contributed by atoms with E-state index in [1.54, 1.807) is 17.0 Å². The van der Waals surface area contributed by atoms with Crippen LogP contribution in [-0.2, 0) is 16.4 Å². The van der Waals surface area contributed by atoms with Crippen LogP contribution in [0.15, 0.2) is 28.7 Å². The molecular weight excluding hydrogens is 513 g/mol. The lowest BCUT2D eigenvalue weighted by Gasteiger charge is -2.27. The van der Waals surface area contributed by atoms with Gasteiger partial charge in [-0.3, -0.25) is 4.79 Å². The molecule has 2 aliphatic rings. The third-order valence-corrected chi connectivity index (χ3v) is 10.1. The Morgan fingerprint density at radius 3 is 2.66 bits per heavy atom. The molecule has 2 fully saturated rings. The SMILES string of the molecule is CC1CC1c1ccc(CN(C(=O)c2sc3cc(Cl)cc(Cl)c3c2Cl)C2CCS(=O)(=O)C2)o1. The summed E-state index contributed by atoms with van der Waals surface area (Å²) in [5.41, 5.74) is 0. The largest absolute Gasteiger partial charge is 0.464 e. The molecule has 3 aromatic rings. The fourth-order valence-electron chi connectivity index (χ4n) is 4.33. The molecule has 5 rings (SSSR count). The summed E-state index contributed by atoms with van der Waals surface area (Å²) >= 11 is 20.2. The monoisotopic (exact) mass is 531 g/mol. The fourth-order valence-corrected chi connectivity index (χ4v) is 8.39. The Morgan fingerprint density at radius 1 is 1.25 bits per heavy atom. The molecule has 3 unspecified atom stereocenters. The molecule has 3 atom stereocenters. The summed E-state index contributed by atoms with van der Waals surface area (Å²) in [6.45, 7) is 2.35. The Kier molecular flexibility index (Phi) is 5.78. The van der Waals surface area contributed by atoms with Crippen LogP contribution < -0.4 is 0 Å². The predicted octanol–water partition coefficient (Wildman–Crippen LogP) is 6.41. The number of thiophene rings is 1. The van der Waals surface area contributed by atoms with Crippen molar-refractivity contribution in [1.29, 1.82) is 0 Å². The van der Waals surface area contributed by atoms with Gasteiger partial charge in [0.2, 0.25) is 0 Å². The second-order valence-electron chi connectivity index (χ2n) is 8.62. The van der Waals surface area contributed by atoms with E-state index in [1.807, 2.05) is 12.1 Å². The van der Waals surface area contributed by atoms with Crippen LogP contribution in [0.5, 0.6) is 0 Å². The molecular formula is C22H20Cl3NO4S2. The van der Waals surface area contributed by atoms with Gasteiger partial charge in [-0.15, -0.1) is 11.3 Å². The van der Waals surface area contributed by atoms with Crippen LogP contribution in [0.1, 0.15) is 46.9 Å². The third kappa shape index (κ3) is 4.18. The molecule has 0 spiro atoms. The zero-order valence-corrected chi connectivity index (χ0v) is 21.0. The molecule has 0 N–H and O–H groups in total. The number of fused-ring (bicyclic) bond motifs is 1. The molecule has 1 amide bonds. The molecule has 1 aliphatic heterocycles. The number of nitrogens with zero attached hydrogens (tertiary/aromatic N) is 1. The van der Waals surface area contributed by atoms with Crippen LogP contribution in [0.3, 0.4) is 0 Å². The number of halogens is 3. The van der Waals surface area contributed by atoms with Gasteiger partial charge in [0.15, 0.2) is 9.84 Å². The van der Waals surface area contributed by atoms with Crippen LogP contribution in [-0.4, -0.2) is 36.8 Å². The van der Waals surface area contributed by atoms with Crippen molar-refractivity contribution in [2.24, 2.45) is 5.92 Å². The summed E-state index contributed by atoms with van der Waals surface area (Å²) in [6, 6.07) is 6.68. The molecule has 2 aromatic heterocycles. The normalized spacial score (nSPS) is 24.2. The number of hydrogen-bond acceptors (Lipinski definition) is 5. The Morgan fingerprint density at radius 2 is 2.00 bits per heavy atom. The van der Waals surface area contributed by atoms with Crippen molar-refractivity contribution >= 4 is 72.0 Å². The number of carbonyl (C=O) groups is 1. The molecule has 5 nitrogen and oxygen atoms in total. The molecule has 3 heterocycles. The van der Waals surface area contributed by atoms with Gasteiger partial charge in [-0.2, -0.15) is 0 Å². The first-order valence-electron chi connectivity index (χ1n) is 10.3. The molecule has 1 saturated heterocycles. The van der Waals surface area contributed by atoms with E-state index in [1.165, 1.54) is 11.3 Å². The van der Waals surface area contributed by atoms with E-state index in [-0.39, 0.29) is 29.0 Å². The van der Waals surface area contributed by atoms with Gasteiger partial charge < -0.3 is 9.32 Å². The van der Waals surface area contributed by atoms with E-state index >= 15 is 0 Å². The van der Waals surface area contributed by atoms with Crippen molar-refractivity contribution in [3.63, 3.8) is 0 Å². The average Bonchev–Trinajstić information content (AvgIpc) is 3.05. The highest BCUT2D eigenvalue weighted by molar-refractivity contribution is 7.91.